The number of thioether (sulfide) groups is 1. The lowest BCUT2D eigenvalue weighted by Gasteiger charge is -2.32. The third-order valence-electron chi connectivity index (χ3n) is 3.39. The van der Waals surface area contributed by atoms with Crippen LogP contribution in [0.3, 0.4) is 0 Å². The van der Waals surface area contributed by atoms with Gasteiger partial charge >= 0.3 is 0 Å². The minimum Gasteiger partial charge on any atom is -0.340 e. The molecule has 1 unspecified atom stereocenters. The van der Waals surface area contributed by atoms with Gasteiger partial charge < -0.3 is 4.90 Å². The number of benzene rings is 1. The molecule has 1 fully saturated rings. The summed E-state index contributed by atoms with van der Waals surface area (Å²) in [5.41, 5.74) is 1.62. The third kappa shape index (κ3) is 3.74. The molecule has 2 rings (SSSR count). The maximum Gasteiger partial charge on any atom is 0.227 e. The molecule has 0 spiro atoms. The Balaban J connectivity index is 1.94. The van der Waals surface area contributed by atoms with Crippen molar-refractivity contribution in [1.29, 1.82) is 5.26 Å². The first-order valence-electron chi connectivity index (χ1n) is 6.61. The quantitative estimate of drug-likeness (QED) is 0.850. The number of hydrogen-bond acceptors (Lipinski definition) is 3. The number of carbonyl (C=O) groups is 1. The first kappa shape index (κ1) is 14.0. The summed E-state index contributed by atoms with van der Waals surface area (Å²) < 4.78 is 0. The van der Waals surface area contributed by atoms with Crippen LogP contribution in [0.2, 0.25) is 0 Å². The molecule has 0 bridgehead atoms. The van der Waals surface area contributed by atoms with Gasteiger partial charge in [0.1, 0.15) is 0 Å². The van der Waals surface area contributed by atoms with E-state index in [2.05, 4.69) is 13.0 Å². The number of nitriles is 1. The zero-order valence-electron chi connectivity index (χ0n) is 11.1. The zero-order valence-corrected chi connectivity index (χ0v) is 11.9. The van der Waals surface area contributed by atoms with Gasteiger partial charge in [-0.15, -0.1) is 0 Å². The Morgan fingerprint density at radius 2 is 2.21 bits per heavy atom. The highest BCUT2D eigenvalue weighted by Gasteiger charge is 2.22. The maximum atomic E-state index is 12.2. The number of carbonyl (C=O) groups excluding carboxylic acids is 1. The molecule has 1 aromatic carbocycles. The molecule has 0 saturated carbocycles. The van der Waals surface area contributed by atoms with Crippen LogP contribution in [0, 0.1) is 11.3 Å². The average molecular weight is 274 g/mol. The van der Waals surface area contributed by atoms with Gasteiger partial charge in [-0.2, -0.15) is 17.0 Å². The van der Waals surface area contributed by atoms with E-state index in [-0.39, 0.29) is 5.91 Å². The van der Waals surface area contributed by atoms with E-state index in [0.29, 0.717) is 17.2 Å². The van der Waals surface area contributed by atoms with Gasteiger partial charge in [-0.05, 0) is 24.1 Å². The molecule has 0 aromatic heterocycles. The molecule has 1 heterocycles. The van der Waals surface area contributed by atoms with E-state index < -0.39 is 0 Å². The van der Waals surface area contributed by atoms with Crippen LogP contribution in [0.1, 0.15) is 24.5 Å². The van der Waals surface area contributed by atoms with Crippen LogP contribution in [0.25, 0.3) is 0 Å². The standard InChI is InChI=1S/C15H18N2OS/c1-2-14-11-17(7-8-19-14)15(18)9-12-3-5-13(10-16)6-4-12/h3-6,14H,2,7-9,11H2,1H3. The number of amides is 1. The molecule has 0 aliphatic carbocycles. The summed E-state index contributed by atoms with van der Waals surface area (Å²) in [7, 11) is 0. The molecule has 0 radical (unpaired) electrons. The van der Waals surface area contributed by atoms with Crippen LogP contribution in [0.4, 0.5) is 0 Å². The van der Waals surface area contributed by atoms with E-state index in [1.165, 1.54) is 0 Å². The molecule has 19 heavy (non-hydrogen) atoms. The highest BCUT2D eigenvalue weighted by atomic mass is 32.2. The summed E-state index contributed by atoms with van der Waals surface area (Å²) in [5, 5.41) is 9.33. The second kappa shape index (κ2) is 6.63. The van der Waals surface area contributed by atoms with Crippen LogP contribution in [-0.4, -0.2) is 34.9 Å². The lowest BCUT2D eigenvalue weighted by atomic mass is 10.1. The van der Waals surface area contributed by atoms with Gasteiger partial charge in [-0.3, -0.25) is 4.79 Å². The van der Waals surface area contributed by atoms with E-state index in [1.807, 2.05) is 28.8 Å². The van der Waals surface area contributed by atoms with E-state index in [4.69, 9.17) is 5.26 Å². The van der Waals surface area contributed by atoms with E-state index in [1.54, 1.807) is 12.1 Å². The van der Waals surface area contributed by atoms with Crippen molar-refractivity contribution in [3.63, 3.8) is 0 Å². The first-order valence-corrected chi connectivity index (χ1v) is 7.66. The van der Waals surface area contributed by atoms with Crippen molar-refractivity contribution in [2.24, 2.45) is 0 Å². The van der Waals surface area contributed by atoms with Crippen molar-refractivity contribution in [2.75, 3.05) is 18.8 Å². The van der Waals surface area contributed by atoms with Crippen LogP contribution < -0.4 is 0 Å². The SMILES string of the molecule is CCC1CN(C(=O)Cc2ccc(C#N)cc2)CCS1. The minimum atomic E-state index is 0.198. The molecular formula is C15H18N2OS. The van der Waals surface area contributed by atoms with Crippen molar-refractivity contribution in [3.05, 3.63) is 35.4 Å². The van der Waals surface area contributed by atoms with Crippen molar-refractivity contribution < 1.29 is 4.79 Å². The van der Waals surface area contributed by atoms with Crippen LogP contribution in [-0.2, 0) is 11.2 Å². The monoisotopic (exact) mass is 274 g/mol. The van der Waals surface area contributed by atoms with Gasteiger partial charge in [-0.1, -0.05) is 19.1 Å². The van der Waals surface area contributed by atoms with E-state index in [0.717, 1.165) is 30.8 Å². The van der Waals surface area contributed by atoms with Crippen molar-refractivity contribution in [3.8, 4) is 6.07 Å². The van der Waals surface area contributed by atoms with Gasteiger partial charge in [0.05, 0.1) is 18.1 Å². The molecule has 1 aliphatic rings. The molecule has 1 amide bonds. The number of nitrogens with zero attached hydrogens (tertiary/aromatic N) is 2. The highest BCUT2D eigenvalue weighted by molar-refractivity contribution is 8.00. The minimum absolute atomic E-state index is 0.198. The summed E-state index contributed by atoms with van der Waals surface area (Å²) in [5.74, 6) is 1.24. The fraction of sp³-hybridized carbons (Fsp3) is 0.467. The third-order valence-corrected chi connectivity index (χ3v) is 4.76. The first-order chi connectivity index (χ1) is 9.22. The predicted octanol–water partition coefficient (Wildman–Crippen LogP) is 2.45. The van der Waals surface area contributed by atoms with Gasteiger partial charge in [0.15, 0.2) is 0 Å². The zero-order chi connectivity index (χ0) is 13.7. The molecule has 1 saturated heterocycles. The number of hydrogen-bond donors (Lipinski definition) is 0. The Hall–Kier alpha value is -1.47. The lowest BCUT2D eigenvalue weighted by Crippen LogP contribution is -2.42. The molecule has 100 valence electrons. The fourth-order valence-electron chi connectivity index (χ4n) is 2.18. The Labute approximate surface area is 118 Å². The maximum absolute atomic E-state index is 12.2. The second-order valence-corrected chi connectivity index (χ2v) is 6.13. The van der Waals surface area contributed by atoms with Crippen LogP contribution >= 0.6 is 11.8 Å². The highest BCUT2D eigenvalue weighted by Crippen LogP contribution is 2.21. The molecule has 1 atom stereocenters. The predicted molar refractivity (Wildman–Crippen MR) is 78.0 cm³/mol. The topological polar surface area (TPSA) is 44.1 Å². The molecule has 1 aliphatic heterocycles. The van der Waals surface area contributed by atoms with Gasteiger partial charge in [0, 0.05) is 24.1 Å². The smallest absolute Gasteiger partial charge is 0.227 e. The van der Waals surface area contributed by atoms with E-state index in [9.17, 15) is 4.79 Å². The summed E-state index contributed by atoms with van der Waals surface area (Å²) in [6.45, 7) is 3.90. The van der Waals surface area contributed by atoms with Gasteiger partial charge in [0.2, 0.25) is 5.91 Å². The van der Waals surface area contributed by atoms with Gasteiger partial charge in [-0.25, -0.2) is 0 Å². The molecule has 4 heteroatoms. The van der Waals surface area contributed by atoms with Crippen molar-refractivity contribution in [1.82, 2.24) is 4.90 Å². The van der Waals surface area contributed by atoms with Crippen molar-refractivity contribution in [2.45, 2.75) is 25.0 Å². The summed E-state index contributed by atoms with van der Waals surface area (Å²) >= 11 is 1.97. The summed E-state index contributed by atoms with van der Waals surface area (Å²) in [6, 6.07) is 9.36. The molecule has 1 aromatic rings. The molecule has 0 N–H and O–H groups in total. The summed E-state index contributed by atoms with van der Waals surface area (Å²) in [6.07, 6.45) is 1.55. The normalized spacial score (nSPS) is 18.9. The van der Waals surface area contributed by atoms with Crippen LogP contribution in [0.15, 0.2) is 24.3 Å². The fourth-order valence-corrected chi connectivity index (χ4v) is 3.36. The Morgan fingerprint density at radius 3 is 2.84 bits per heavy atom. The average Bonchev–Trinajstić information content (AvgIpc) is 2.48. The Kier molecular flexibility index (Phi) is 4.86. The van der Waals surface area contributed by atoms with Crippen LogP contribution in [0.5, 0.6) is 0 Å². The van der Waals surface area contributed by atoms with Gasteiger partial charge in [0.25, 0.3) is 0 Å². The summed E-state index contributed by atoms with van der Waals surface area (Å²) in [4.78, 5) is 14.2. The molecule has 3 nitrogen and oxygen atoms in total. The molecular weight excluding hydrogens is 256 g/mol. The lowest BCUT2D eigenvalue weighted by molar-refractivity contribution is -0.130. The van der Waals surface area contributed by atoms with E-state index >= 15 is 0 Å². The second-order valence-electron chi connectivity index (χ2n) is 4.73. The Bertz CT molecular complexity index is 478. The largest absolute Gasteiger partial charge is 0.340 e. The van der Waals surface area contributed by atoms with Crippen molar-refractivity contribution >= 4 is 17.7 Å². The number of rotatable bonds is 3. The Morgan fingerprint density at radius 1 is 1.47 bits per heavy atom.